The van der Waals surface area contributed by atoms with Crippen LogP contribution >= 0.6 is 0 Å². The minimum absolute atomic E-state index is 0.355. The Kier molecular flexibility index (Phi) is 2.99. The number of amides is 2. The number of hydrogen-bond donors (Lipinski definition) is 2. The van der Waals surface area contributed by atoms with Crippen molar-refractivity contribution < 1.29 is 14.7 Å². The highest BCUT2D eigenvalue weighted by Crippen LogP contribution is 2.29. The summed E-state index contributed by atoms with van der Waals surface area (Å²) in [6.07, 6.45) is 0.688. The molecule has 1 aliphatic rings. The quantitative estimate of drug-likeness (QED) is 0.762. The Morgan fingerprint density at radius 1 is 1.41 bits per heavy atom. The fourth-order valence-electron chi connectivity index (χ4n) is 2.20. The smallest absolute Gasteiger partial charge is 0.331 e. The van der Waals surface area contributed by atoms with Crippen molar-refractivity contribution in [3.8, 4) is 0 Å². The van der Waals surface area contributed by atoms with Gasteiger partial charge in [-0.15, -0.1) is 0 Å². The largest absolute Gasteiger partial charge is 0.479 e. The minimum atomic E-state index is -0.999. The molecule has 1 aliphatic heterocycles. The number of carboxylic acid groups (broad SMARTS) is 1. The van der Waals surface area contributed by atoms with Gasteiger partial charge in [-0.1, -0.05) is 24.3 Å². The Morgan fingerprint density at radius 2 is 2.12 bits per heavy atom. The highest BCUT2D eigenvalue weighted by Gasteiger charge is 2.35. The maximum absolute atomic E-state index is 11.6. The number of urea groups is 1. The first-order chi connectivity index (χ1) is 8.15. The van der Waals surface area contributed by atoms with Crippen molar-refractivity contribution in [2.75, 3.05) is 13.6 Å². The van der Waals surface area contributed by atoms with Crippen molar-refractivity contribution >= 4 is 12.0 Å². The molecule has 2 rings (SSSR count). The molecule has 0 spiro atoms. The van der Waals surface area contributed by atoms with Crippen LogP contribution in [-0.2, 0) is 11.2 Å². The third-order valence-electron chi connectivity index (χ3n) is 2.99. The van der Waals surface area contributed by atoms with E-state index in [1.165, 1.54) is 11.9 Å². The van der Waals surface area contributed by atoms with Crippen molar-refractivity contribution in [3.63, 3.8) is 0 Å². The van der Waals surface area contributed by atoms with Crippen LogP contribution in [-0.4, -0.2) is 35.6 Å². The molecule has 0 fully saturated rings. The molecule has 0 aliphatic carbocycles. The first-order valence-corrected chi connectivity index (χ1v) is 5.44. The Bertz CT molecular complexity index is 459. The second-order valence-electron chi connectivity index (χ2n) is 3.94. The van der Waals surface area contributed by atoms with Gasteiger partial charge in [0, 0.05) is 13.6 Å². The highest BCUT2D eigenvalue weighted by atomic mass is 16.4. The van der Waals surface area contributed by atoms with E-state index in [1.54, 1.807) is 12.1 Å². The van der Waals surface area contributed by atoms with Crippen molar-refractivity contribution in [1.29, 1.82) is 0 Å². The molecule has 90 valence electrons. The van der Waals surface area contributed by atoms with Gasteiger partial charge in [-0.3, -0.25) is 0 Å². The topological polar surface area (TPSA) is 69.6 Å². The molecule has 0 aromatic heterocycles. The standard InChI is InChI=1S/C12H14N2O3/c1-13-12(17)14-7-6-8-4-2-3-5-9(8)10(14)11(15)16/h2-5,10H,6-7H2,1H3,(H,13,17)(H,15,16). The van der Waals surface area contributed by atoms with E-state index in [2.05, 4.69) is 5.32 Å². The Labute approximate surface area is 99.0 Å². The van der Waals surface area contributed by atoms with Crippen LogP contribution in [0, 0.1) is 0 Å². The number of fused-ring (bicyclic) bond motifs is 1. The van der Waals surface area contributed by atoms with Crippen LogP contribution in [0.15, 0.2) is 24.3 Å². The van der Waals surface area contributed by atoms with Crippen molar-refractivity contribution in [2.24, 2.45) is 0 Å². The molecule has 2 N–H and O–H groups in total. The number of benzene rings is 1. The fourth-order valence-corrected chi connectivity index (χ4v) is 2.20. The number of rotatable bonds is 1. The van der Waals surface area contributed by atoms with E-state index in [-0.39, 0.29) is 6.03 Å². The maximum Gasteiger partial charge on any atom is 0.331 e. The lowest BCUT2D eigenvalue weighted by Gasteiger charge is -2.34. The molecule has 5 heteroatoms. The molecule has 5 nitrogen and oxygen atoms in total. The molecule has 1 atom stereocenters. The van der Waals surface area contributed by atoms with Crippen LogP contribution in [0.5, 0.6) is 0 Å². The molecule has 1 aromatic carbocycles. The Morgan fingerprint density at radius 3 is 2.76 bits per heavy atom. The first-order valence-electron chi connectivity index (χ1n) is 5.44. The highest BCUT2D eigenvalue weighted by molar-refractivity contribution is 5.84. The van der Waals surface area contributed by atoms with Gasteiger partial charge in [0.2, 0.25) is 0 Å². The maximum atomic E-state index is 11.6. The van der Waals surface area contributed by atoms with Crippen LogP contribution in [0.25, 0.3) is 0 Å². The van der Waals surface area contributed by atoms with E-state index in [0.717, 1.165) is 5.56 Å². The predicted octanol–water partition coefficient (Wildman–Crippen LogP) is 1.01. The summed E-state index contributed by atoms with van der Waals surface area (Å²) in [5.41, 5.74) is 1.70. The van der Waals surface area contributed by atoms with Gasteiger partial charge >= 0.3 is 12.0 Å². The third-order valence-corrected chi connectivity index (χ3v) is 2.99. The third kappa shape index (κ3) is 1.95. The summed E-state index contributed by atoms with van der Waals surface area (Å²) in [4.78, 5) is 24.3. The average Bonchev–Trinajstić information content (AvgIpc) is 2.36. The zero-order valence-corrected chi connectivity index (χ0v) is 9.51. The van der Waals surface area contributed by atoms with Gasteiger partial charge < -0.3 is 15.3 Å². The number of hydrogen-bond acceptors (Lipinski definition) is 2. The van der Waals surface area contributed by atoms with Crippen molar-refractivity contribution in [2.45, 2.75) is 12.5 Å². The Balaban J connectivity index is 2.43. The Hall–Kier alpha value is -2.04. The second kappa shape index (κ2) is 4.45. The molecule has 0 radical (unpaired) electrons. The molecule has 17 heavy (non-hydrogen) atoms. The molecule has 0 bridgehead atoms. The summed E-state index contributed by atoms with van der Waals surface area (Å²) in [7, 11) is 1.50. The van der Waals surface area contributed by atoms with Crippen LogP contribution in [0.4, 0.5) is 4.79 Å². The SMILES string of the molecule is CNC(=O)N1CCc2ccccc2C1C(=O)O. The summed E-state index contributed by atoms with van der Waals surface area (Å²) in [6.45, 7) is 0.424. The number of carbonyl (C=O) groups excluding carboxylic acids is 1. The van der Waals surface area contributed by atoms with Gasteiger partial charge in [-0.25, -0.2) is 9.59 Å². The molecule has 1 unspecified atom stereocenters. The average molecular weight is 234 g/mol. The first kappa shape index (κ1) is 11.4. The summed E-state index contributed by atoms with van der Waals surface area (Å²) in [5.74, 6) is -0.999. The molecular weight excluding hydrogens is 220 g/mol. The van der Waals surface area contributed by atoms with E-state index in [9.17, 15) is 14.7 Å². The second-order valence-corrected chi connectivity index (χ2v) is 3.94. The molecule has 0 saturated heterocycles. The zero-order chi connectivity index (χ0) is 12.4. The van der Waals surface area contributed by atoms with Gasteiger partial charge in [-0.2, -0.15) is 0 Å². The molecular formula is C12H14N2O3. The van der Waals surface area contributed by atoms with Crippen molar-refractivity contribution in [3.05, 3.63) is 35.4 Å². The van der Waals surface area contributed by atoms with E-state index < -0.39 is 12.0 Å². The lowest BCUT2D eigenvalue weighted by Crippen LogP contribution is -2.47. The number of aliphatic carboxylic acids is 1. The van der Waals surface area contributed by atoms with E-state index in [0.29, 0.717) is 18.5 Å². The number of carboxylic acids is 1. The van der Waals surface area contributed by atoms with E-state index in [4.69, 9.17) is 0 Å². The summed E-state index contributed by atoms with van der Waals surface area (Å²) >= 11 is 0. The van der Waals surface area contributed by atoms with E-state index >= 15 is 0 Å². The van der Waals surface area contributed by atoms with Gasteiger partial charge in [0.05, 0.1) is 0 Å². The van der Waals surface area contributed by atoms with Gasteiger partial charge in [-0.05, 0) is 17.5 Å². The molecule has 1 aromatic rings. The van der Waals surface area contributed by atoms with Crippen LogP contribution < -0.4 is 5.32 Å². The lowest BCUT2D eigenvalue weighted by atomic mass is 9.93. The summed E-state index contributed by atoms with van der Waals surface area (Å²) in [6, 6.07) is 6.11. The van der Waals surface area contributed by atoms with Gasteiger partial charge in [0.15, 0.2) is 6.04 Å². The lowest BCUT2D eigenvalue weighted by molar-refractivity contribution is -0.142. The van der Waals surface area contributed by atoms with Crippen LogP contribution in [0.1, 0.15) is 17.2 Å². The van der Waals surface area contributed by atoms with Gasteiger partial charge in [0.1, 0.15) is 0 Å². The monoisotopic (exact) mass is 234 g/mol. The van der Waals surface area contributed by atoms with Crippen LogP contribution in [0.3, 0.4) is 0 Å². The molecule has 1 heterocycles. The molecule has 2 amide bonds. The number of nitrogens with zero attached hydrogens (tertiary/aromatic N) is 1. The summed E-state index contributed by atoms with van der Waals surface area (Å²) < 4.78 is 0. The van der Waals surface area contributed by atoms with Gasteiger partial charge in [0.25, 0.3) is 0 Å². The molecule has 0 saturated carbocycles. The zero-order valence-electron chi connectivity index (χ0n) is 9.51. The van der Waals surface area contributed by atoms with Crippen LogP contribution in [0.2, 0.25) is 0 Å². The number of nitrogens with one attached hydrogen (secondary N) is 1. The predicted molar refractivity (Wildman–Crippen MR) is 61.7 cm³/mol. The fraction of sp³-hybridized carbons (Fsp3) is 0.333. The summed E-state index contributed by atoms with van der Waals surface area (Å²) in [5, 5.41) is 11.8. The minimum Gasteiger partial charge on any atom is -0.479 e. The normalized spacial score (nSPS) is 18.4. The number of carbonyl (C=O) groups is 2. The van der Waals surface area contributed by atoms with Crippen molar-refractivity contribution in [1.82, 2.24) is 10.2 Å². The van der Waals surface area contributed by atoms with E-state index in [1.807, 2.05) is 12.1 Å².